The molecular formula is C13H19ClN4O. The number of piperidine rings is 1. The number of amides is 1. The van der Waals surface area contributed by atoms with Crippen molar-refractivity contribution < 1.29 is 4.79 Å². The van der Waals surface area contributed by atoms with E-state index in [1.165, 1.54) is 12.6 Å². The summed E-state index contributed by atoms with van der Waals surface area (Å²) in [7, 11) is 2.11. The van der Waals surface area contributed by atoms with Crippen LogP contribution in [0.1, 0.15) is 23.2 Å². The summed E-state index contributed by atoms with van der Waals surface area (Å²) in [5.74, 6) is 0.606. The quantitative estimate of drug-likeness (QED) is 0.879. The van der Waals surface area contributed by atoms with E-state index in [9.17, 15) is 4.79 Å². The Kier molecular flexibility index (Phi) is 4.61. The van der Waals surface area contributed by atoms with E-state index in [0.29, 0.717) is 23.0 Å². The van der Waals surface area contributed by atoms with Crippen molar-refractivity contribution in [2.45, 2.75) is 12.8 Å². The minimum Gasteiger partial charge on any atom is -0.382 e. The van der Waals surface area contributed by atoms with Crippen LogP contribution in [0.2, 0.25) is 5.02 Å². The first kappa shape index (κ1) is 14.1. The van der Waals surface area contributed by atoms with Crippen molar-refractivity contribution in [3.63, 3.8) is 0 Å². The molecule has 1 aromatic heterocycles. The van der Waals surface area contributed by atoms with Gasteiger partial charge in [-0.05, 0) is 38.4 Å². The highest BCUT2D eigenvalue weighted by Gasteiger charge is 2.18. The summed E-state index contributed by atoms with van der Waals surface area (Å²) < 4.78 is 0. The van der Waals surface area contributed by atoms with E-state index in [0.717, 1.165) is 19.5 Å². The summed E-state index contributed by atoms with van der Waals surface area (Å²) >= 11 is 5.85. The first-order chi connectivity index (χ1) is 9.06. The van der Waals surface area contributed by atoms with Crippen molar-refractivity contribution in [1.82, 2.24) is 15.2 Å². The molecular weight excluding hydrogens is 264 g/mol. The van der Waals surface area contributed by atoms with E-state index in [1.807, 2.05) is 0 Å². The lowest BCUT2D eigenvalue weighted by atomic mass is 9.98. The fourth-order valence-electron chi connectivity index (χ4n) is 2.35. The Bertz CT molecular complexity index is 466. The standard InChI is InChI=1S/C13H19ClN4O/c1-18-4-2-3-9(8-18)6-17-13(19)10-5-11(14)12(15)16-7-10/h5,7,9H,2-4,6,8H2,1H3,(H2,15,16)(H,17,19). The molecule has 5 nitrogen and oxygen atoms in total. The number of hydrogen-bond donors (Lipinski definition) is 2. The van der Waals surface area contributed by atoms with Crippen molar-refractivity contribution in [3.05, 3.63) is 22.8 Å². The first-order valence-electron chi connectivity index (χ1n) is 6.44. The number of halogens is 1. The molecule has 0 spiro atoms. The van der Waals surface area contributed by atoms with Crippen LogP contribution in [0.3, 0.4) is 0 Å². The highest BCUT2D eigenvalue weighted by Crippen LogP contribution is 2.17. The summed E-state index contributed by atoms with van der Waals surface area (Å²) in [4.78, 5) is 18.1. The Morgan fingerprint density at radius 1 is 1.68 bits per heavy atom. The van der Waals surface area contributed by atoms with Gasteiger partial charge in [0.1, 0.15) is 5.82 Å². The number of rotatable bonds is 3. The Morgan fingerprint density at radius 2 is 2.47 bits per heavy atom. The zero-order chi connectivity index (χ0) is 13.8. The number of nitrogens with one attached hydrogen (secondary N) is 1. The Balaban J connectivity index is 1.88. The molecule has 1 aromatic rings. The van der Waals surface area contributed by atoms with Crippen LogP contribution in [0.15, 0.2) is 12.3 Å². The van der Waals surface area contributed by atoms with Gasteiger partial charge in [-0.2, -0.15) is 0 Å². The molecule has 1 fully saturated rings. The predicted octanol–water partition coefficient (Wildman–Crippen LogP) is 1.39. The van der Waals surface area contributed by atoms with E-state index in [2.05, 4.69) is 22.2 Å². The average Bonchev–Trinajstić information content (AvgIpc) is 2.39. The molecule has 1 aliphatic heterocycles. The molecule has 1 saturated heterocycles. The number of nitrogens with two attached hydrogens (primary N) is 1. The number of anilines is 1. The highest BCUT2D eigenvalue weighted by atomic mass is 35.5. The number of carbonyl (C=O) groups is 1. The maximum absolute atomic E-state index is 12.0. The Hall–Kier alpha value is -1.33. The normalized spacial score (nSPS) is 20.2. The van der Waals surface area contributed by atoms with Crippen LogP contribution in [0.4, 0.5) is 5.82 Å². The van der Waals surface area contributed by atoms with Gasteiger partial charge in [0.2, 0.25) is 0 Å². The van der Waals surface area contributed by atoms with Gasteiger partial charge in [0.25, 0.3) is 5.91 Å². The van der Waals surface area contributed by atoms with Gasteiger partial charge in [0.05, 0.1) is 10.6 Å². The molecule has 2 heterocycles. The summed E-state index contributed by atoms with van der Waals surface area (Å²) in [6.45, 7) is 2.86. The monoisotopic (exact) mass is 282 g/mol. The minimum atomic E-state index is -0.150. The van der Waals surface area contributed by atoms with Crippen LogP contribution in [-0.4, -0.2) is 42.5 Å². The molecule has 0 saturated carbocycles. The third kappa shape index (κ3) is 3.81. The van der Waals surface area contributed by atoms with Gasteiger partial charge in [-0.1, -0.05) is 11.6 Å². The fraction of sp³-hybridized carbons (Fsp3) is 0.538. The van der Waals surface area contributed by atoms with Crippen LogP contribution in [0.25, 0.3) is 0 Å². The second kappa shape index (κ2) is 6.21. The molecule has 0 aliphatic carbocycles. The zero-order valence-corrected chi connectivity index (χ0v) is 11.8. The lowest BCUT2D eigenvalue weighted by molar-refractivity contribution is 0.0936. The molecule has 6 heteroatoms. The number of aromatic nitrogens is 1. The van der Waals surface area contributed by atoms with Crippen LogP contribution >= 0.6 is 11.6 Å². The number of nitrogens with zero attached hydrogens (tertiary/aromatic N) is 2. The smallest absolute Gasteiger partial charge is 0.252 e. The molecule has 2 rings (SSSR count). The first-order valence-corrected chi connectivity index (χ1v) is 6.82. The molecule has 0 bridgehead atoms. The van der Waals surface area contributed by atoms with Crippen molar-refractivity contribution in [2.75, 3.05) is 32.4 Å². The second-order valence-electron chi connectivity index (χ2n) is 5.07. The SMILES string of the molecule is CN1CCCC(CNC(=O)c2cnc(N)c(Cl)c2)C1. The number of likely N-dealkylation sites (tertiary alicyclic amines) is 1. The highest BCUT2D eigenvalue weighted by molar-refractivity contribution is 6.33. The van der Waals surface area contributed by atoms with E-state index in [4.69, 9.17) is 17.3 Å². The van der Waals surface area contributed by atoms with Crippen molar-refractivity contribution in [3.8, 4) is 0 Å². The maximum Gasteiger partial charge on any atom is 0.252 e. The predicted molar refractivity (Wildman–Crippen MR) is 76.2 cm³/mol. The average molecular weight is 283 g/mol. The van der Waals surface area contributed by atoms with Gasteiger partial charge in [-0.15, -0.1) is 0 Å². The maximum atomic E-state index is 12.0. The number of nitrogen functional groups attached to an aromatic ring is 1. The molecule has 19 heavy (non-hydrogen) atoms. The van der Waals surface area contributed by atoms with Gasteiger partial charge in [-0.25, -0.2) is 4.98 Å². The van der Waals surface area contributed by atoms with Gasteiger partial charge in [0.15, 0.2) is 0 Å². The van der Waals surface area contributed by atoms with E-state index in [1.54, 1.807) is 6.07 Å². The lowest BCUT2D eigenvalue weighted by Gasteiger charge is -2.29. The molecule has 0 radical (unpaired) electrons. The van der Waals surface area contributed by atoms with Crippen molar-refractivity contribution in [1.29, 1.82) is 0 Å². The molecule has 1 atom stereocenters. The Labute approximate surface area is 118 Å². The summed E-state index contributed by atoms with van der Waals surface area (Å²) in [6, 6.07) is 1.55. The minimum absolute atomic E-state index is 0.150. The van der Waals surface area contributed by atoms with Crippen LogP contribution in [0.5, 0.6) is 0 Å². The Morgan fingerprint density at radius 3 is 3.16 bits per heavy atom. The largest absolute Gasteiger partial charge is 0.382 e. The molecule has 0 aromatic carbocycles. The van der Waals surface area contributed by atoms with Gasteiger partial charge in [0, 0.05) is 19.3 Å². The topological polar surface area (TPSA) is 71.2 Å². The molecule has 1 unspecified atom stereocenters. The lowest BCUT2D eigenvalue weighted by Crippen LogP contribution is -2.39. The number of carbonyl (C=O) groups excluding carboxylic acids is 1. The van der Waals surface area contributed by atoms with Crippen LogP contribution in [-0.2, 0) is 0 Å². The van der Waals surface area contributed by atoms with Gasteiger partial charge in [-0.3, -0.25) is 4.79 Å². The van der Waals surface area contributed by atoms with Crippen molar-refractivity contribution >= 4 is 23.3 Å². The second-order valence-corrected chi connectivity index (χ2v) is 5.48. The summed E-state index contributed by atoms with van der Waals surface area (Å²) in [5.41, 5.74) is 5.96. The summed E-state index contributed by atoms with van der Waals surface area (Å²) in [5, 5.41) is 3.24. The van der Waals surface area contributed by atoms with Crippen molar-refractivity contribution in [2.24, 2.45) is 5.92 Å². The molecule has 104 valence electrons. The van der Waals surface area contributed by atoms with Crippen LogP contribution in [0, 0.1) is 5.92 Å². The molecule has 1 aliphatic rings. The third-order valence-electron chi connectivity index (χ3n) is 3.41. The van der Waals surface area contributed by atoms with E-state index in [-0.39, 0.29) is 11.7 Å². The van der Waals surface area contributed by atoms with E-state index >= 15 is 0 Å². The number of pyridine rings is 1. The molecule has 1 amide bonds. The summed E-state index contributed by atoms with van der Waals surface area (Å²) in [6.07, 6.45) is 3.79. The fourth-order valence-corrected chi connectivity index (χ4v) is 2.52. The van der Waals surface area contributed by atoms with Gasteiger partial charge < -0.3 is 16.0 Å². The molecule has 3 N–H and O–H groups in total. The van der Waals surface area contributed by atoms with E-state index < -0.39 is 0 Å². The third-order valence-corrected chi connectivity index (χ3v) is 3.71. The van der Waals surface area contributed by atoms with Crippen LogP contribution < -0.4 is 11.1 Å². The number of hydrogen-bond acceptors (Lipinski definition) is 4. The zero-order valence-electron chi connectivity index (χ0n) is 11.0. The van der Waals surface area contributed by atoms with Gasteiger partial charge >= 0.3 is 0 Å².